The van der Waals surface area contributed by atoms with E-state index in [0.29, 0.717) is 16.3 Å². The van der Waals surface area contributed by atoms with Crippen molar-refractivity contribution in [1.82, 2.24) is 19.2 Å². The molecule has 1 aliphatic carbocycles. The van der Waals surface area contributed by atoms with Gasteiger partial charge in [-0.25, -0.2) is 0 Å². The number of hydrogen-bond acceptors (Lipinski definition) is 6. The number of carbonyl (C=O) groups is 1. The van der Waals surface area contributed by atoms with Crippen molar-refractivity contribution in [3.63, 3.8) is 0 Å². The number of para-hydroxylation sites is 1. The highest BCUT2D eigenvalue weighted by Gasteiger charge is 2.24. The Bertz CT molecular complexity index is 1050. The monoisotopic (exact) mass is 386 g/mol. The number of nitrogens with zero attached hydrogens (tertiary/aromatic N) is 4. The molecule has 0 amide bonds. The highest BCUT2D eigenvalue weighted by Crippen LogP contribution is 2.31. The Morgan fingerprint density at radius 1 is 1.26 bits per heavy atom. The molecule has 142 valence electrons. The molecule has 4 rings (SSSR count). The van der Waals surface area contributed by atoms with Gasteiger partial charge < -0.3 is 4.74 Å². The number of carbonyl (C=O) groups excluding carboxylic acids is 1. The van der Waals surface area contributed by atoms with Crippen LogP contribution in [0.2, 0.25) is 0 Å². The SMILES string of the molecule is CC(C)OC(=O)CSc1nnc2n(C3CCCC3)c(=O)c3ccccc3n12. The van der Waals surface area contributed by atoms with E-state index in [9.17, 15) is 9.59 Å². The summed E-state index contributed by atoms with van der Waals surface area (Å²) in [6.07, 6.45) is 4.04. The van der Waals surface area contributed by atoms with E-state index in [1.807, 2.05) is 42.5 Å². The van der Waals surface area contributed by atoms with E-state index in [4.69, 9.17) is 4.74 Å². The number of fused-ring (bicyclic) bond motifs is 3. The summed E-state index contributed by atoms with van der Waals surface area (Å²) in [6.45, 7) is 3.64. The molecule has 1 saturated carbocycles. The molecule has 0 atom stereocenters. The third kappa shape index (κ3) is 3.34. The summed E-state index contributed by atoms with van der Waals surface area (Å²) in [4.78, 5) is 25.0. The van der Waals surface area contributed by atoms with Gasteiger partial charge in [-0.2, -0.15) is 0 Å². The average Bonchev–Trinajstić information content (AvgIpc) is 3.30. The second kappa shape index (κ2) is 7.34. The Balaban J connectivity index is 1.83. The Kier molecular flexibility index (Phi) is 4.90. The lowest BCUT2D eigenvalue weighted by Crippen LogP contribution is -2.26. The average molecular weight is 386 g/mol. The van der Waals surface area contributed by atoms with Crippen molar-refractivity contribution in [3.8, 4) is 0 Å². The normalized spacial score (nSPS) is 15.2. The molecule has 1 fully saturated rings. The van der Waals surface area contributed by atoms with Crippen molar-refractivity contribution in [2.75, 3.05) is 5.75 Å². The molecule has 1 aromatic carbocycles. The zero-order valence-corrected chi connectivity index (χ0v) is 16.2. The first-order valence-electron chi connectivity index (χ1n) is 9.27. The van der Waals surface area contributed by atoms with Crippen LogP contribution in [-0.4, -0.2) is 37.0 Å². The third-order valence-electron chi connectivity index (χ3n) is 4.80. The molecule has 1 aliphatic rings. The fourth-order valence-electron chi connectivity index (χ4n) is 3.70. The van der Waals surface area contributed by atoms with Crippen molar-refractivity contribution in [3.05, 3.63) is 34.6 Å². The van der Waals surface area contributed by atoms with Crippen LogP contribution in [0.25, 0.3) is 16.7 Å². The minimum absolute atomic E-state index is 0.0202. The number of rotatable bonds is 5. The fraction of sp³-hybridized carbons (Fsp3) is 0.474. The van der Waals surface area contributed by atoms with Gasteiger partial charge in [-0.3, -0.25) is 18.6 Å². The number of benzene rings is 1. The minimum Gasteiger partial charge on any atom is -0.462 e. The molecule has 0 radical (unpaired) electrons. The van der Waals surface area contributed by atoms with Gasteiger partial charge >= 0.3 is 5.97 Å². The molecular weight excluding hydrogens is 364 g/mol. The Labute approximate surface area is 160 Å². The van der Waals surface area contributed by atoms with Gasteiger partial charge in [0.1, 0.15) is 0 Å². The first-order chi connectivity index (χ1) is 13.1. The number of esters is 1. The highest BCUT2D eigenvalue weighted by atomic mass is 32.2. The summed E-state index contributed by atoms with van der Waals surface area (Å²) in [7, 11) is 0. The third-order valence-corrected chi connectivity index (χ3v) is 5.70. The molecule has 3 aromatic rings. The maximum Gasteiger partial charge on any atom is 0.316 e. The van der Waals surface area contributed by atoms with E-state index in [0.717, 1.165) is 31.2 Å². The van der Waals surface area contributed by atoms with Crippen LogP contribution in [0.5, 0.6) is 0 Å². The lowest BCUT2D eigenvalue weighted by Gasteiger charge is -2.16. The van der Waals surface area contributed by atoms with Gasteiger partial charge in [-0.1, -0.05) is 36.7 Å². The molecule has 0 bridgehead atoms. The quantitative estimate of drug-likeness (QED) is 0.495. The molecule has 0 aliphatic heterocycles. The Morgan fingerprint density at radius 3 is 2.74 bits per heavy atom. The van der Waals surface area contributed by atoms with Gasteiger partial charge in [-0.15, -0.1) is 10.2 Å². The highest BCUT2D eigenvalue weighted by molar-refractivity contribution is 7.99. The number of ether oxygens (including phenoxy) is 1. The van der Waals surface area contributed by atoms with Gasteiger partial charge in [-0.05, 0) is 38.8 Å². The minimum atomic E-state index is -0.292. The molecule has 8 heteroatoms. The second-order valence-electron chi connectivity index (χ2n) is 7.08. The van der Waals surface area contributed by atoms with Gasteiger partial charge in [0.2, 0.25) is 5.78 Å². The van der Waals surface area contributed by atoms with Gasteiger partial charge in [0.05, 0.1) is 22.8 Å². The molecule has 7 nitrogen and oxygen atoms in total. The first-order valence-corrected chi connectivity index (χ1v) is 10.3. The lowest BCUT2D eigenvalue weighted by atomic mass is 10.2. The van der Waals surface area contributed by atoms with Crippen molar-refractivity contribution in [2.45, 2.75) is 56.8 Å². The van der Waals surface area contributed by atoms with Gasteiger partial charge in [0.25, 0.3) is 5.56 Å². The van der Waals surface area contributed by atoms with Gasteiger partial charge in [0, 0.05) is 6.04 Å². The Morgan fingerprint density at radius 2 is 2.00 bits per heavy atom. The van der Waals surface area contributed by atoms with E-state index >= 15 is 0 Å². The van der Waals surface area contributed by atoms with E-state index in [1.54, 1.807) is 4.57 Å². The molecule has 0 unspecified atom stereocenters. The zero-order chi connectivity index (χ0) is 19.0. The molecule has 2 heterocycles. The van der Waals surface area contributed by atoms with E-state index < -0.39 is 0 Å². The van der Waals surface area contributed by atoms with E-state index in [-0.39, 0.29) is 29.4 Å². The molecular formula is C19H22N4O3S. The van der Waals surface area contributed by atoms with E-state index in [2.05, 4.69) is 10.2 Å². The first kappa shape index (κ1) is 18.0. The fourth-order valence-corrected chi connectivity index (χ4v) is 4.43. The molecule has 27 heavy (non-hydrogen) atoms. The van der Waals surface area contributed by atoms with Crippen LogP contribution in [0.3, 0.4) is 0 Å². The second-order valence-corrected chi connectivity index (χ2v) is 8.02. The summed E-state index contributed by atoms with van der Waals surface area (Å²) < 4.78 is 8.88. The zero-order valence-electron chi connectivity index (χ0n) is 15.4. The summed E-state index contributed by atoms with van der Waals surface area (Å²) in [5.74, 6) is 0.404. The smallest absolute Gasteiger partial charge is 0.316 e. The molecule has 2 aromatic heterocycles. The van der Waals surface area contributed by atoms with Crippen LogP contribution < -0.4 is 5.56 Å². The van der Waals surface area contributed by atoms with Crippen LogP contribution in [0, 0.1) is 0 Å². The predicted octanol–water partition coefficient (Wildman–Crippen LogP) is 3.20. The largest absolute Gasteiger partial charge is 0.462 e. The Hall–Kier alpha value is -2.35. The summed E-state index contributed by atoms with van der Waals surface area (Å²) >= 11 is 1.28. The van der Waals surface area contributed by atoms with Crippen molar-refractivity contribution >= 4 is 34.4 Å². The summed E-state index contributed by atoms with van der Waals surface area (Å²) in [6, 6.07) is 7.64. The lowest BCUT2D eigenvalue weighted by molar-refractivity contribution is -0.144. The predicted molar refractivity (Wildman–Crippen MR) is 104 cm³/mol. The van der Waals surface area contributed by atoms with Crippen LogP contribution in [0.4, 0.5) is 0 Å². The van der Waals surface area contributed by atoms with Crippen molar-refractivity contribution in [1.29, 1.82) is 0 Å². The molecule has 0 saturated heterocycles. The summed E-state index contributed by atoms with van der Waals surface area (Å²) in [5.41, 5.74) is 0.740. The number of hydrogen-bond donors (Lipinski definition) is 0. The maximum absolute atomic E-state index is 13.1. The van der Waals surface area contributed by atoms with Crippen LogP contribution in [-0.2, 0) is 9.53 Å². The van der Waals surface area contributed by atoms with Crippen molar-refractivity contribution in [2.24, 2.45) is 0 Å². The standard InChI is InChI=1S/C19H22N4O3S/c1-12(2)26-16(24)11-27-19-21-20-18-22(13-7-3-4-8-13)17(25)14-9-5-6-10-15(14)23(18)19/h5-6,9-10,12-13H,3-4,7-8,11H2,1-2H3. The van der Waals surface area contributed by atoms with E-state index in [1.165, 1.54) is 11.8 Å². The number of aromatic nitrogens is 4. The summed E-state index contributed by atoms with van der Waals surface area (Å²) in [5, 5.41) is 9.83. The topological polar surface area (TPSA) is 78.5 Å². The molecule has 0 spiro atoms. The molecule has 0 N–H and O–H groups in total. The van der Waals surface area contributed by atoms with Crippen LogP contribution in [0.1, 0.15) is 45.6 Å². The number of thioether (sulfide) groups is 1. The maximum atomic E-state index is 13.1. The van der Waals surface area contributed by atoms with Gasteiger partial charge in [0.15, 0.2) is 5.16 Å². The van der Waals surface area contributed by atoms with Crippen LogP contribution in [0.15, 0.2) is 34.2 Å². The van der Waals surface area contributed by atoms with Crippen molar-refractivity contribution < 1.29 is 9.53 Å². The van der Waals surface area contributed by atoms with Crippen LogP contribution >= 0.6 is 11.8 Å².